The summed E-state index contributed by atoms with van der Waals surface area (Å²) < 4.78 is 1.35. The zero-order chi connectivity index (χ0) is 9.84. The molecule has 0 saturated carbocycles. The molecule has 0 N–H and O–H groups in total. The molecule has 0 heterocycles. The first kappa shape index (κ1) is 10.8. The molecule has 0 aliphatic heterocycles. The van der Waals surface area contributed by atoms with Crippen LogP contribution < -0.4 is 4.90 Å². The van der Waals surface area contributed by atoms with Gasteiger partial charge in [-0.15, -0.1) is 0 Å². The van der Waals surface area contributed by atoms with Crippen molar-refractivity contribution < 1.29 is 0 Å². The summed E-state index contributed by atoms with van der Waals surface area (Å²) in [6.07, 6.45) is 0. The molecule has 0 fully saturated rings. The largest absolute Gasteiger partial charge is 0.372 e. The average molecular weight is 289 g/mol. The van der Waals surface area contributed by atoms with Crippen LogP contribution >= 0.6 is 22.6 Å². The number of anilines is 1. The number of hydrogen-bond acceptors (Lipinski definition) is 1. The minimum absolute atomic E-state index is 1.08. The Labute approximate surface area is 94.3 Å². The molecule has 1 rings (SSSR count). The first-order valence-corrected chi connectivity index (χ1v) is 5.78. The highest BCUT2D eigenvalue weighted by atomic mass is 127. The molecule has 1 aromatic carbocycles. The quantitative estimate of drug-likeness (QED) is 0.770. The summed E-state index contributed by atoms with van der Waals surface area (Å²) in [4.78, 5) is 2.39. The van der Waals surface area contributed by atoms with Crippen LogP contribution in [0, 0.1) is 10.5 Å². The van der Waals surface area contributed by atoms with Gasteiger partial charge in [0.25, 0.3) is 0 Å². The summed E-state index contributed by atoms with van der Waals surface area (Å²) in [6, 6.07) is 6.48. The molecule has 0 amide bonds. The van der Waals surface area contributed by atoms with Crippen LogP contribution in [0.1, 0.15) is 19.4 Å². The number of nitrogens with zero attached hydrogens (tertiary/aromatic N) is 1. The van der Waals surface area contributed by atoms with Gasteiger partial charge >= 0.3 is 0 Å². The van der Waals surface area contributed by atoms with E-state index in [2.05, 4.69) is 66.5 Å². The summed E-state index contributed by atoms with van der Waals surface area (Å²) in [5.41, 5.74) is 2.77. The van der Waals surface area contributed by atoms with E-state index in [1.165, 1.54) is 14.8 Å². The lowest BCUT2D eigenvalue weighted by Crippen LogP contribution is -2.22. The summed E-state index contributed by atoms with van der Waals surface area (Å²) in [5, 5.41) is 0. The third-order valence-corrected chi connectivity index (χ3v) is 3.51. The van der Waals surface area contributed by atoms with Gasteiger partial charge in [0, 0.05) is 22.3 Å². The zero-order valence-corrected chi connectivity index (χ0v) is 10.6. The van der Waals surface area contributed by atoms with Crippen molar-refractivity contribution in [3.8, 4) is 0 Å². The Bertz CT molecular complexity index is 279. The van der Waals surface area contributed by atoms with Crippen molar-refractivity contribution in [3.05, 3.63) is 27.3 Å². The molecule has 0 radical (unpaired) electrons. The van der Waals surface area contributed by atoms with Crippen LogP contribution in [-0.2, 0) is 0 Å². The maximum absolute atomic E-state index is 2.39. The molecule has 1 aromatic rings. The standard InChI is InChI=1S/C11H16IN/c1-4-13(5-2)11-8-6-7-10(12)9(11)3/h6-8H,4-5H2,1-3H3. The Hall–Kier alpha value is -0.250. The van der Waals surface area contributed by atoms with Gasteiger partial charge in [0.15, 0.2) is 0 Å². The molecule has 0 unspecified atom stereocenters. The minimum Gasteiger partial charge on any atom is -0.372 e. The van der Waals surface area contributed by atoms with Crippen molar-refractivity contribution >= 4 is 28.3 Å². The van der Waals surface area contributed by atoms with Crippen molar-refractivity contribution in [2.75, 3.05) is 18.0 Å². The van der Waals surface area contributed by atoms with Crippen LogP contribution in [0.4, 0.5) is 5.69 Å². The monoisotopic (exact) mass is 289 g/mol. The Morgan fingerprint density at radius 3 is 2.38 bits per heavy atom. The molecule has 72 valence electrons. The molecular formula is C11H16IN. The van der Waals surface area contributed by atoms with Gasteiger partial charge in [0.05, 0.1) is 0 Å². The maximum atomic E-state index is 2.39. The highest BCUT2D eigenvalue weighted by Crippen LogP contribution is 2.23. The van der Waals surface area contributed by atoms with Crippen molar-refractivity contribution in [3.63, 3.8) is 0 Å². The molecule has 13 heavy (non-hydrogen) atoms. The van der Waals surface area contributed by atoms with E-state index < -0.39 is 0 Å². The molecule has 0 aromatic heterocycles. The van der Waals surface area contributed by atoms with Gasteiger partial charge < -0.3 is 4.90 Å². The molecule has 0 bridgehead atoms. The second-order valence-corrected chi connectivity index (χ2v) is 4.22. The molecular weight excluding hydrogens is 273 g/mol. The van der Waals surface area contributed by atoms with Crippen LogP contribution in [0.25, 0.3) is 0 Å². The van der Waals surface area contributed by atoms with E-state index in [4.69, 9.17) is 0 Å². The number of hydrogen-bond donors (Lipinski definition) is 0. The van der Waals surface area contributed by atoms with E-state index in [1.54, 1.807) is 0 Å². The lowest BCUT2D eigenvalue weighted by Gasteiger charge is -2.23. The highest BCUT2D eigenvalue weighted by Gasteiger charge is 2.06. The van der Waals surface area contributed by atoms with Crippen LogP contribution in [0.15, 0.2) is 18.2 Å². The summed E-state index contributed by atoms with van der Waals surface area (Å²) in [5.74, 6) is 0. The van der Waals surface area contributed by atoms with Crippen molar-refractivity contribution in [1.82, 2.24) is 0 Å². The lowest BCUT2D eigenvalue weighted by atomic mass is 10.2. The van der Waals surface area contributed by atoms with E-state index in [0.717, 1.165) is 13.1 Å². The molecule has 2 heteroatoms. The van der Waals surface area contributed by atoms with E-state index in [-0.39, 0.29) is 0 Å². The molecule has 0 saturated heterocycles. The SMILES string of the molecule is CCN(CC)c1cccc(I)c1C. The van der Waals surface area contributed by atoms with Crippen molar-refractivity contribution in [2.45, 2.75) is 20.8 Å². The van der Waals surface area contributed by atoms with Crippen molar-refractivity contribution in [2.24, 2.45) is 0 Å². The fourth-order valence-electron chi connectivity index (χ4n) is 1.50. The van der Waals surface area contributed by atoms with Crippen LogP contribution in [0.5, 0.6) is 0 Å². The molecule has 0 atom stereocenters. The Morgan fingerprint density at radius 2 is 1.85 bits per heavy atom. The summed E-state index contributed by atoms with van der Waals surface area (Å²) in [7, 11) is 0. The Kier molecular flexibility index (Phi) is 4.03. The normalized spacial score (nSPS) is 10.2. The fraction of sp³-hybridized carbons (Fsp3) is 0.455. The van der Waals surface area contributed by atoms with E-state index in [1.807, 2.05) is 0 Å². The lowest BCUT2D eigenvalue weighted by molar-refractivity contribution is 0.861. The second kappa shape index (κ2) is 4.84. The summed E-state index contributed by atoms with van der Waals surface area (Å²) in [6.45, 7) is 8.75. The van der Waals surface area contributed by atoms with Gasteiger partial charge in [-0.25, -0.2) is 0 Å². The van der Waals surface area contributed by atoms with Gasteiger partial charge in [0.2, 0.25) is 0 Å². The van der Waals surface area contributed by atoms with Crippen LogP contribution in [0.2, 0.25) is 0 Å². The Balaban J connectivity index is 3.05. The third kappa shape index (κ3) is 2.36. The van der Waals surface area contributed by atoms with Gasteiger partial charge in [-0.1, -0.05) is 6.07 Å². The summed E-state index contributed by atoms with van der Waals surface area (Å²) >= 11 is 2.39. The molecule has 0 aliphatic rings. The van der Waals surface area contributed by atoms with Gasteiger partial charge in [-0.05, 0) is 61.1 Å². The van der Waals surface area contributed by atoms with Gasteiger partial charge in [0.1, 0.15) is 0 Å². The first-order chi connectivity index (χ1) is 6.20. The number of benzene rings is 1. The topological polar surface area (TPSA) is 3.24 Å². The molecule has 0 spiro atoms. The predicted molar refractivity (Wildman–Crippen MR) is 67.5 cm³/mol. The van der Waals surface area contributed by atoms with E-state index >= 15 is 0 Å². The van der Waals surface area contributed by atoms with Crippen LogP contribution in [-0.4, -0.2) is 13.1 Å². The number of rotatable bonds is 3. The molecule has 0 aliphatic carbocycles. The van der Waals surface area contributed by atoms with Crippen molar-refractivity contribution in [1.29, 1.82) is 0 Å². The van der Waals surface area contributed by atoms with Crippen LogP contribution in [0.3, 0.4) is 0 Å². The third-order valence-electron chi connectivity index (χ3n) is 2.34. The number of halogens is 1. The van der Waals surface area contributed by atoms with Gasteiger partial charge in [-0.2, -0.15) is 0 Å². The maximum Gasteiger partial charge on any atom is 0.0406 e. The highest BCUT2D eigenvalue weighted by molar-refractivity contribution is 14.1. The first-order valence-electron chi connectivity index (χ1n) is 4.70. The minimum atomic E-state index is 1.08. The second-order valence-electron chi connectivity index (χ2n) is 3.06. The average Bonchev–Trinajstić information content (AvgIpc) is 2.14. The van der Waals surface area contributed by atoms with E-state index in [9.17, 15) is 0 Å². The smallest absolute Gasteiger partial charge is 0.0406 e. The van der Waals surface area contributed by atoms with E-state index in [0.29, 0.717) is 0 Å². The molecule has 1 nitrogen and oxygen atoms in total. The Morgan fingerprint density at radius 1 is 1.23 bits per heavy atom. The fourth-order valence-corrected chi connectivity index (χ4v) is 1.99. The predicted octanol–water partition coefficient (Wildman–Crippen LogP) is 3.45. The zero-order valence-electron chi connectivity index (χ0n) is 8.47. The van der Waals surface area contributed by atoms with Gasteiger partial charge in [-0.3, -0.25) is 0 Å².